The van der Waals surface area contributed by atoms with E-state index in [2.05, 4.69) is 17.2 Å². The third-order valence-electron chi connectivity index (χ3n) is 1.62. The third kappa shape index (κ3) is 6.99. The molecule has 3 atom stereocenters. The van der Waals surface area contributed by atoms with Crippen molar-refractivity contribution in [3.63, 3.8) is 0 Å². The molecule has 0 spiro atoms. The fraction of sp³-hybridized carbons (Fsp3) is 0.778. The molecular formula is C9H20N2O3. The topological polar surface area (TPSA) is 84.8 Å². The third-order valence-corrected chi connectivity index (χ3v) is 1.62. The fourth-order valence-corrected chi connectivity index (χ4v) is 0.776. The maximum absolute atomic E-state index is 9.30. The van der Waals surface area contributed by atoms with Crippen molar-refractivity contribution in [3.8, 4) is 0 Å². The highest BCUT2D eigenvalue weighted by atomic mass is 16.3. The lowest BCUT2D eigenvalue weighted by Crippen LogP contribution is -2.44. The lowest BCUT2D eigenvalue weighted by atomic mass is 10.3. The molecule has 0 rings (SSSR count). The molecule has 14 heavy (non-hydrogen) atoms. The fourth-order valence-electron chi connectivity index (χ4n) is 0.776. The van der Waals surface area contributed by atoms with Crippen molar-refractivity contribution in [3.05, 3.63) is 12.2 Å². The van der Waals surface area contributed by atoms with Crippen molar-refractivity contribution >= 4 is 0 Å². The lowest BCUT2D eigenvalue weighted by Gasteiger charge is -2.17. The van der Waals surface area contributed by atoms with Gasteiger partial charge in [0, 0.05) is 13.1 Å². The van der Waals surface area contributed by atoms with Gasteiger partial charge in [0.1, 0.15) is 12.5 Å². The van der Waals surface area contributed by atoms with Crippen LogP contribution >= 0.6 is 0 Å². The molecule has 3 unspecified atom stereocenters. The van der Waals surface area contributed by atoms with Gasteiger partial charge in [-0.3, -0.25) is 10.6 Å². The van der Waals surface area contributed by atoms with Crippen LogP contribution in [0.1, 0.15) is 13.8 Å². The SMILES string of the molecule is C=C(C)C(O)NCC(O)NCC(C)O. The van der Waals surface area contributed by atoms with Gasteiger partial charge in [0.15, 0.2) is 0 Å². The van der Waals surface area contributed by atoms with Crippen LogP contribution in [0.25, 0.3) is 0 Å². The van der Waals surface area contributed by atoms with Gasteiger partial charge < -0.3 is 15.3 Å². The molecule has 0 aromatic carbocycles. The second-order valence-electron chi connectivity index (χ2n) is 3.43. The Bertz CT molecular complexity index is 173. The van der Waals surface area contributed by atoms with Crippen LogP contribution in [-0.2, 0) is 0 Å². The highest BCUT2D eigenvalue weighted by molar-refractivity contribution is 4.95. The Morgan fingerprint density at radius 2 is 1.79 bits per heavy atom. The molecular weight excluding hydrogens is 184 g/mol. The van der Waals surface area contributed by atoms with Crippen LogP contribution in [0.15, 0.2) is 12.2 Å². The monoisotopic (exact) mass is 204 g/mol. The van der Waals surface area contributed by atoms with Gasteiger partial charge in [-0.05, 0) is 19.4 Å². The van der Waals surface area contributed by atoms with Crippen molar-refractivity contribution in [1.29, 1.82) is 0 Å². The summed E-state index contributed by atoms with van der Waals surface area (Å²) in [5.74, 6) is 0. The van der Waals surface area contributed by atoms with Gasteiger partial charge in [0.2, 0.25) is 0 Å². The molecule has 0 aliphatic rings. The van der Waals surface area contributed by atoms with Gasteiger partial charge >= 0.3 is 0 Å². The first-order valence-corrected chi connectivity index (χ1v) is 4.60. The average Bonchev–Trinajstić information content (AvgIpc) is 2.10. The van der Waals surface area contributed by atoms with Gasteiger partial charge in [-0.15, -0.1) is 0 Å². The van der Waals surface area contributed by atoms with E-state index in [9.17, 15) is 10.2 Å². The van der Waals surface area contributed by atoms with E-state index in [-0.39, 0.29) is 6.54 Å². The first-order chi connectivity index (χ1) is 6.43. The normalized spacial score (nSPS) is 17.5. The molecule has 0 heterocycles. The second kappa shape index (κ2) is 6.92. The van der Waals surface area contributed by atoms with Gasteiger partial charge in [-0.1, -0.05) is 6.58 Å². The molecule has 5 nitrogen and oxygen atoms in total. The summed E-state index contributed by atoms with van der Waals surface area (Å²) in [5, 5.41) is 32.8. The summed E-state index contributed by atoms with van der Waals surface area (Å²) in [6, 6.07) is 0. The molecule has 0 aromatic heterocycles. The van der Waals surface area contributed by atoms with E-state index in [1.165, 1.54) is 0 Å². The Morgan fingerprint density at radius 1 is 1.21 bits per heavy atom. The molecule has 0 bridgehead atoms. The summed E-state index contributed by atoms with van der Waals surface area (Å²) in [7, 11) is 0. The number of rotatable bonds is 7. The summed E-state index contributed by atoms with van der Waals surface area (Å²) in [5.41, 5.74) is 0.590. The van der Waals surface area contributed by atoms with Crippen LogP contribution < -0.4 is 10.6 Å². The zero-order valence-corrected chi connectivity index (χ0v) is 8.70. The summed E-state index contributed by atoms with van der Waals surface area (Å²) in [4.78, 5) is 0. The standard InChI is InChI=1S/C9H20N2O3/c1-6(2)9(14)11-5-8(13)10-4-7(3)12/h7-14H,1,4-5H2,2-3H3. The Morgan fingerprint density at radius 3 is 2.21 bits per heavy atom. The largest absolute Gasteiger partial charge is 0.392 e. The minimum Gasteiger partial charge on any atom is -0.392 e. The molecule has 5 N–H and O–H groups in total. The highest BCUT2D eigenvalue weighted by Gasteiger charge is 2.08. The Balaban J connectivity index is 3.53. The van der Waals surface area contributed by atoms with E-state index in [1.54, 1.807) is 13.8 Å². The van der Waals surface area contributed by atoms with Crippen molar-refractivity contribution in [1.82, 2.24) is 10.6 Å². The van der Waals surface area contributed by atoms with Crippen LogP contribution in [0.5, 0.6) is 0 Å². The van der Waals surface area contributed by atoms with Crippen LogP contribution in [0.2, 0.25) is 0 Å². The van der Waals surface area contributed by atoms with Crippen molar-refractivity contribution < 1.29 is 15.3 Å². The van der Waals surface area contributed by atoms with Crippen molar-refractivity contribution in [2.75, 3.05) is 13.1 Å². The molecule has 0 amide bonds. The molecule has 0 aromatic rings. The zero-order valence-electron chi connectivity index (χ0n) is 8.70. The summed E-state index contributed by atoms with van der Waals surface area (Å²) in [6.45, 7) is 7.37. The lowest BCUT2D eigenvalue weighted by molar-refractivity contribution is 0.0866. The molecule has 0 aliphatic heterocycles. The minimum absolute atomic E-state index is 0.195. The maximum Gasteiger partial charge on any atom is 0.126 e. The number of hydrogen-bond acceptors (Lipinski definition) is 5. The predicted octanol–water partition coefficient (Wildman–Crippen LogP) is -1.24. The molecule has 5 heteroatoms. The number of nitrogens with one attached hydrogen (secondary N) is 2. The van der Waals surface area contributed by atoms with Crippen LogP contribution in [0.3, 0.4) is 0 Å². The van der Waals surface area contributed by atoms with Crippen LogP contribution in [0.4, 0.5) is 0 Å². The van der Waals surface area contributed by atoms with E-state index < -0.39 is 18.6 Å². The van der Waals surface area contributed by atoms with E-state index in [0.29, 0.717) is 12.1 Å². The number of aliphatic hydroxyl groups excluding tert-OH is 3. The predicted molar refractivity (Wildman–Crippen MR) is 54.5 cm³/mol. The first-order valence-electron chi connectivity index (χ1n) is 4.60. The molecule has 0 fully saturated rings. The highest BCUT2D eigenvalue weighted by Crippen LogP contribution is 1.92. The average molecular weight is 204 g/mol. The molecule has 0 saturated heterocycles. The quantitative estimate of drug-likeness (QED) is 0.264. The first kappa shape index (κ1) is 13.5. The molecule has 0 aliphatic carbocycles. The second-order valence-corrected chi connectivity index (χ2v) is 3.43. The Kier molecular flexibility index (Phi) is 6.69. The van der Waals surface area contributed by atoms with Gasteiger partial charge in [-0.2, -0.15) is 0 Å². The molecule has 84 valence electrons. The summed E-state index contributed by atoms with van der Waals surface area (Å²) < 4.78 is 0. The van der Waals surface area contributed by atoms with Crippen LogP contribution in [-0.4, -0.2) is 47.0 Å². The maximum atomic E-state index is 9.30. The van der Waals surface area contributed by atoms with Crippen molar-refractivity contribution in [2.24, 2.45) is 0 Å². The number of hydrogen-bond donors (Lipinski definition) is 5. The smallest absolute Gasteiger partial charge is 0.126 e. The summed E-state index contributed by atoms with van der Waals surface area (Å²) in [6.07, 6.45) is -2.10. The van der Waals surface area contributed by atoms with Gasteiger partial charge in [0.25, 0.3) is 0 Å². The van der Waals surface area contributed by atoms with Gasteiger partial charge in [-0.25, -0.2) is 0 Å². The minimum atomic E-state index is -0.807. The molecule has 0 radical (unpaired) electrons. The number of aliphatic hydroxyl groups is 3. The zero-order chi connectivity index (χ0) is 11.1. The van der Waals surface area contributed by atoms with E-state index >= 15 is 0 Å². The molecule has 0 saturated carbocycles. The van der Waals surface area contributed by atoms with E-state index in [0.717, 1.165) is 0 Å². The van der Waals surface area contributed by atoms with E-state index in [4.69, 9.17) is 5.11 Å². The Labute approximate surface area is 84.5 Å². The Hall–Kier alpha value is -0.460. The van der Waals surface area contributed by atoms with Gasteiger partial charge in [0.05, 0.1) is 6.10 Å². The van der Waals surface area contributed by atoms with Crippen molar-refractivity contribution in [2.45, 2.75) is 32.4 Å². The summed E-state index contributed by atoms with van der Waals surface area (Å²) >= 11 is 0. The van der Waals surface area contributed by atoms with E-state index in [1.807, 2.05) is 0 Å². The van der Waals surface area contributed by atoms with Crippen LogP contribution in [0, 0.1) is 0 Å².